The highest BCUT2D eigenvalue weighted by atomic mass is 35.5. The fourth-order valence-corrected chi connectivity index (χ4v) is 1.57. The van der Waals surface area contributed by atoms with Crippen molar-refractivity contribution in [3.63, 3.8) is 0 Å². The average Bonchev–Trinajstić information content (AvgIpc) is 2.27. The van der Waals surface area contributed by atoms with E-state index in [2.05, 4.69) is 5.32 Å². The number of ether oxygens (including phenoxy) is 1. The minimum atomic E-state index is 0.136. The van der Waals surface area contributed by atoms with E-state index in [1.54, 1.807) is 18.2 Å². The maximum Gasteiger partial charge on any atom is 0.0992 e. The molecule has 1 aromatic rings. The third-order valence-corrected chi connectivity index (χ3v) is 2.44. The molecule has 1 unspecified atom stereocenters. The molecule has 0 aliphatic heterocycles. The van der Waals surface area contributed by atoms with Gasteiger partial charge < -0.3 is 10.1 Å². The molecule has 4 heteroatoms. The highest BCUT2D eigenvalue weighted by Crippen LogP contribution is 2.22. The molecule has 86 valence electrons. The van der Waals surface area contributed by atoms with E-state index < -0.39 is 0 Å². The third-order valence-electron chi connectivity index (χ3n) is 2.13. The predicted molar refractivity (Wildman–Crippen MR) is 65.7 cm³/mol. The summed E-state index contributed by atoms with van der Waals surface area (Å²) in [4.78, 5) is 0. The fourth-order valence-electron chi connectivity index (χ4n) is 1.33. The second-order valence-electron chi connectivity index (χ2n) is 3.45. The molecular formula is C12H15ClN2O. The Morgan fingerprint density at radius 2 is 2.31 bits per heavy atom. The quantitative estimate of drug-likeness (QED) is 0.858. The van der Waals surface area contributed by atoms with Crippen molar-refractivity contribution in [2.45, 2.75) is 20.0 Å². The first-order chi connectivity index (χ1) is 7.67. The summed E-state index contributed by atoms with van der Waals surface area (Å²) in [5.41, 5.74) is 1.39. The number of hydrogen-bond donors (Lipinski definition) is 1. The lowest BCUT2D eigenvalue weighted by Gasteiger charge is -2.14. The van der Waals surface area contributed by atoms with E-state index in [9.17, 15) is 0 Å². The van der Waals surface area contributed by atoms with Gasteiger partial charge in [-0.25, -0.2) is 0 Å². The highest BCUT2D eigenvalue weighted by Gasteiger charge is 2.04. The van der Waals surface area contributed by atoms with Gasteiger partial charge in [0, 0.05) is 13.2 Å². The SMILES string of the molecule is CCOC(C)CNc1ccc(C#N)cc1Cl. The van der Waals surface area contributed by atoms with Crippen molar-refractivity contribution in [3.8, 4) is 6.07 Å². The molecule has 0 amide bonds. The molecule has 0 fully saturated rings. The summed E-state index contributed by atoms with van der Waals surface area (Å²) in [6.07, 6.45) is 0.136. The Hall–Kier alpha value is -1.24. The minimum Gasteiger partial charge on any atom is -0.381 e. The van der Waals surface area contributed by atoms with E-state index in [1.165, 1.54) is 0 Å². The van der Waals surface area contributed by atoms with Gasteiger partial charge in [-0.2, -0.15) is 5.26 Å². The average molecular weight is 239 g/mol. The van der Waals surface area contributed by atoms with Crippen LogP contribution in [0.5, 0.6) is 0 Å². The van der Waals surface area contributed by atoms with Crippen LogP contribution in [0.15, 0.2) is 18.2 Å². The van der Waals surface area contributed by atoms with E-state index in [-0.39, 0.29) is 6.10 Å². The molecule has 16 heavy (non-hydrogen) atoms. The van der Waals surface area contributed by atoms with Gasteiger partial charge >= 0.3 is 0 Å². The molecule has 3 nitrogen and oxygen atoms in total. The molecule has 0 aliphatic carbocycles. The summed E-state index contributed by atoms with van der Waals surface area (Å²) in [6.45, 7) is 5.35. The monoisotopic (exact) mass is 238 g/mol. The molecule has 0 spiro atoms. The van der Waals surface area contributed by atoms with Crippen LogP contribution in [-0.4, -0.2) is 19.3 Å². The van der Waals surface area contributed by atoms with E-state index in [4.69, 9.17) is 21.6 Å². The molecule has 1 aromatic carbocycles. The van der Waals surface area contributed by atoms with Crippen molar-refractivity contribution in [2.75, 3.05) is 18.5 Å². The van der Waals surface area contributed by atoms with Gasteiger partial charge in [0.15, 0.2) is 0 Å². The third kappa shape index (κ3) is 3.73. The van der Waals surface area contributed by atoms with Crippen molar-refractivity contribution in [3.05, 3.63) is 28.8 Å². The first-order valence-corrected chi connectivity index (χ1v) is 5.60. The molecule has 0 heterocycles. The molecule has 0 saturated heterocycles. The van der Waals surface area contributed by atoms with Crippen LogP contribution in [0.25, 0.3) is 0 Å². The number of nitrogens with one attached hydrogen (secondary N) is 1. The molecule has 1 N–H and O–H groups in total. The maximum absolute atomic E-state index is 8.69. The van der Waals surface area contributed by atoms with Crippen LogP contribution in [-0.2, 0) is 4.74 Å². The van der Waals surface area contributed by atoms with Crippen LogP contribution in [0.1, 0.15) is 19.4 Å². The lowest BCUT2D eigenvalue weighted by atomic mass is 10.2. The van der Waals surface area contributed by atoms with E-state index in [0.29, 0.717) is 23.7 Å². The summed E-state index contributed by atoms with van der Waals surface area (Å²) in [5, 5.41) is 12.4. The molecule has 0 aliphatic rings. The zero-order chi connectivity index (χ0) is 12.0. The number of nitrogens with zero attached hydrogens (tertiary/aromatic N) is 1. The first-order valence-electron chi connectivity index (χ1n) is 5.22. The Balaban J connectivity index is 2.58. The van der Waals surface area contributed by atoms with Crippen molar-refractivity contribution >= 4 is 17.3 Å². The van der Waals surface area contributed by atoms with Crippen LogP contribution >= 0.6 is 11.6 Å². The second-order valence-corrected chi connectivity index (χ2v) is 3.86. The molecule has 0 bridgehead atoms. The Bertz CT molecular complexity index is 387. The first kappa shape index (κ1) is 12.8. The van der Waals surface area contributed by atoms with Gasteiger partial charge in [-0.15, -0.1) is 0 Å². The standard InChI is InChI=1S/C12H15ClN2O/c1-3-16-9(2)8-15-12-5-4-10(7-14)6-11(12)13/h4-6,9,15H,3,8H2,1-2H3. The number of anilines is 1. The zero-order valence-electron chi connectivity index (χ0n) is 9.46. The van der Waals surface area contributed by atoms with Crippen molar-refractivity contribution in [1.29, 1.82) is 5.26 Å². The minimum absolute atomic E-state index is 0.136. The van der Waals surface area contributed by atoms with Crippen molar-refractivity contribution < 1.29 is 4.74 Å². The maximum atomic E-state index is 8.69. The van der Waals surface area contributed by atoms with Crippen LogP contribution < -0.4 is 5.32 Å². The van der Waals surface area contributed by atoms with Crippen LogP contribution in [0.2, 0.25) is 5.02 Å². The molecular weight excluding hydrogens is 224 g/mol. The summed E-state index contributed by atoms with van der Waals surface area (Å²) in [7, 11) is 0. The molecule has 0 aromatic heterocycles. The number of rotatable bonds is 5. The molecule has 1 rings (SSSR count). The van der Waals surface area contributed by atoms with Gasteiger partial charge in [0.1, 0.15) is 0 Å². The lowest BCUT2D eigenvalue weighted by molar-refractivity contribution is 0.0855. The molecule has 0 saturated carbocycles. The number of benzene rings is 1. The second kappa shape index (κ2) is 6.37. The van der Waals surface area contributed by atoms with Crippen LogP contribution in [0.4, 0.5) is 5.69 Å². The smallest absolute Gasteiger partial charge is 0.0992 e. The Kier molecular flexibility index (Phi) is 5.10. The Labute approximate surface area is 101 Å². The zero-order valence-corrected chi connectivity index (χ0v) is 10.2. The topological polar surface area (TPSA) is 45.0 Å². The Morgan fingerprint density at radius 1 is 1.56 bits per heavy atom. The lowest BCUT2D eigenvalue weighted by Crippen LogP contribution is -2.19. The molecule has 0 radical (unpaired) electrons. The van der Waals surface area contributed by atoms with E-state index >= 15 is 0 Å². The van der Waals surface area contributed by atoms with Crippen LogP contribution in [0, 0.1) is 11.3 Å². The van der Waals surface area contributed by atoms with Gasteiger partial charge in [-0.05, 0) is 32.0 Å². The largest absolute Gasteiger partial charge is 0.381 e. The number of hydrogen-bond acceptors (Lipinski definition) is 3. The van der Waals surface area contributed by atoms with Gasteiger partial charge in [-0.3, -0.25) is 0 Å². The van der Waals surface area contributed by atoms with Crippen molar-refractivity contribution in [2.24, 2.45) is 0 Å². The van der Waals surface area contributed by atoms with Gasteiger partial charge in [0.25, 0.3) is 0 Å². The number of nitriles is 1. The van der Waals surface area contributed by atoms with Crippen LogP contribution in [0.3, 0.4) is 0 Å². The van der Waals surface area contributed by atoms with E-state index in [0.717, 1.165) is 5.69 Å². The van der Waals surface area contributed by atoms with Crippen molar-refractivity contribution in [1.82, 2.24) is 0 Å². The predicted octanol–water partition coefficient (Wildman–Crippen LogP) is 3.05. The van der Waals surface area contributed by atoms with Gasteiger partial charge in [-0.1, -0.05) is 11.6 Å². The summed E-state index contributed by atoms with van der Waals surface area (Å²) < 4.78 is 5.39. The molecule has 1 atom stereocenters. The number of halogens is 1. The summed E-state index contributed by atoms with van der Waals surface area (Å²) in [5.74, 6) is 0. The summed E-state index contributed by atoms with van der Waals surface area (Å²) >= 11 is 6.01. The van der Waals surface area contributed by atoms with Gasteiger partial charge in [0.2, 0.25) is 0 Å². The van der Waals surface area contributed by atoms with Gasteiger partial charge in [0.05, 0.1) is 28.4 Å². The Morgan fingerprint density at radius 3 is 2.88 bits per heavy atom. The normalized spacial score (nSPS) is 11.9. The fraction of sp³-hybridized carbons (Fsp3) is 0.417. The summed E-state index contributed by atoms with van der Waals surface area (Å²) in [6, 6.07) is 7.23. The highest BCUT2D eigenvalue weighted by molar-refractivity contribution is 6.33. The van der Waals surface area contributed by atoms with E-state index in [1.807, 2.05) is 19.9 Å².